The highest BCUT2D eigenvalue weighted by Crippen LogP contribution is 2.53. The van der Waals surface area contributed by atoms with Crippen LogP contribution in [0.2, 0.25) is 0 Å². The smallest absolute Gasteiger partial charge is 0.331 e. The molecule has 0 aromatic rings. The molecular weight excluding hydrogens is 268 g/mol. The highest BCUT2D eigenvalue weighted by atomic mass is 16.5. The van der Waals surface area contributed by atoms with Gasteiger partial charge < -0.3 is 9.84 Å². The molecule has 0 spiro atoms. The zero-order chi connectivity index (χ0) is 15.8. The maximum Gasteiger partial charge on any atom is 0.331 e. The Bertz CT molecular complexity index is 505. The molecule has 0 amide bonds. The lowest BCUT2D eigenvalue weighted by atomic mass is 9.57. The first kappa shape index (κ1) is 15.8. The van der Waals surface area contributed by atoms with E-state index >= 15 is 0 Å². The van der Waals surface area contributed by atoms with Crippen LogP contribution in [0.15, 0.2) is 23.8 Å². The van der Waals surface area contributed by atoms with Crippen LogP contribution < -0.4 is 0 Å². The van der Waals surface area contributed by atoms with Crippen LogP contribution in [0.1, 0.15) is 46.5 Å². The molecular formula is C17H24O4. The first-order valence-electron chi connectivity index (χ1n) is 7.55. The van der Waals surface area contributed by atoms with Gasteiger partial charge in [0.15, 0.2) is 0 Å². The molecule has 1 saturated carbocycles. The van der Waals surface area contributed by atoms with Crippen molar-refractivity contribution in [2.45, 2.75) is 52.6 Å². The number of carboxylic acids is 1. The third kappa shape index (κ3) is 2.89. The number of aliphatic carboxylic acids is 1. The Hall–Kier alpha value is -1.58. The minimum atomic E-state index is -0.916. The average Bonchev–Trinajstić information content (AvgIpc) is 2.40. The second kappa shape index (κ2) is 5.66. The van der Waals surface area contributed by atoms with E-state index in [9.17, 15) is 9.59 Å². The molecule has 2 aliphatic carbocycles. The Morgan fingerprint density at radius 2 is 2.10 bits per heavy atom. The van der Waals surface area contributed by atoms with Gasteiger partial charge >= 0.3 is 11.9 Å². The van der Waals surface area contributed by atoms with E-state index in [-0.39, 0.29) is 29.0 Å². The largest absolute Gasteiger partial charge is 0.478 e. The van der Waals surface area contributed by atoms with Crippen molar-refractivity contribution in [1.82, 2.24) is 0 Å². The monoisotopic (exact) mass is 292 g/mol. The number of carbonyl (C=O) groups excluding carboxylic acids is 1. The molecule has 2 rings (SSSR count). The van der Waals surface area contributed by atoms with Crippen molar-refractivity contribution < 1.29 is 19.4 Å². The molecule has 4 heteroatoms. The predicted molar refractivity (Wildman–Crippen MR) is 79.6 cm³/mol. The molecule has 1 fully saturated rings. The van der Waals surface area contributed by atoms with Gasteiger partial charge in [0.2, 0.25) is 0 Å². The number of hydrogen-bond donors (Lipinski definition) is 1. The normalized spacial score (nSPS) is 35.4. The van der Waals surface area contributed by atoms with Gasteiger partial charge in [-0.1, -0.05) is 26.5 Å². The highest BCUT2D eigenvalue weighted by Gasteiger charge is 2.47. The summed E-state index contributed by atoms with van der Waals surface area (Å²) < 4.78 is 5.47. The van der Waals surface area contributed by atoms with E-state index in [1.165, 1.54) is 12.5 Å². The maximum absolute atomic E-state index is 11.3. The highest BCUT2D eigenvalue weighted by molar-refractivity contribution is 5.86. The Balaban J connectivity index is 2.29. The maximum atomic E-state index is 11.3. The van der Waals surface area contributed by atoms with Crippen molar-refractivity contribution in [3.63, 3.8) is 0 Å². The number of carbonyl (C=O) groups is 2. The molecule has 0 heterocycles. The summed E-state index contributed by atoms with van der Waals surface area (Å²) >= 11 is 0. The summed E-state index contributed by atoms with van der Waals surface area (Å²) in [6.45, 7) is 9.53. The molecule has 0 radical (unpaired) electrons. The van der Waals surface area contributed by atoms with E-state index in [2.05, 4.69) is 26.5 Å². The van der Waals surface area contributed by atoms with Crippen LogP contribution in [-0.4, -0.2) is 23.1 Å². The van der Waals surface area contributed by atoms with E-state index in [0.29, 0.717) is 12.3 Å². The molecule has 0 aromatic heterocycles. The zero-order valence-electron chi connectivity index (χ0n) is 13.0. The van der Waals surface area contributed by atoms with E-state index in [1.54, 1.807) is 0 Å². The topological polar surface area (TPSA) is 63.6 Å². The van der Waals surface area contributed by atoms with Gasteiger partial charge in [-0.2, -0.15) is 0 Å². The van der Waals surface area contributed by atoms with Gasteiger partial charge in [0.1, 0.15) is 6.10 Å². The number of allylic oxidation sites excluding steroid dienone is 1. The van der Waals surface area contributed by atoms with Crippen LogP contribution in [0, 0.1) is 17.3 Å². The predicted octanol–water partition coefficient (Wildman–Crippen LogP) is 3.33. The summed E-state index contributed by atoms with van der Waals surface area (Å²) in [6.07, 6.45) is 5.21. The summed E-state index contributed by atoms with van der Waals surface area (Å²) in [5.41, 5.74) is 1.35. The Kier molecular flexibility index (Phi) is 4.26. The lowest BCUT2D eigenvalue weighted by molar-refractivity contribution is -0.147. The van der Waals surface area contributed by atoms with Crippen molar-refractivity contribution in [2.75, 3.05) is 0 Å². The van der Waals surface area contributed by atoms with Gasteiger partial charge in [-0.3, -0.25) is 4.79 Å². The zero-order valence-corrected chi connectivity index (χ0v) is 13.0. The number of ether oxygens (including phenoxy) is 1. The molecule has 0 aliphatic heterocycles. The number of hydrogen-bond acceptors (Lipinski definition) is 3. The van der Waals surface area contributed by atoms with Crippen LogP contribution in [-0.2, 0) is 14.3 Å². The van der Waals surface area contributed by atoms with Gasteiger partial charge in [-0.05, 0) is 48.5 Å². The van der Waals surface area contributed by atoms with Crippen molar-refractivity contribution in [3.8, 4) is 0 Å². The minimum Gasteiger partial charge on any atom is -0.478 e. The molecule has 0 aromatic carbocycles. The second-order valence-electron chi connectivity index (χ2n) is 6.62. The molecule has 0 bridgehead atoms. The molecule has 2 aliphatic rings. The van der Waals surface area contributed by atoms with E-state index in [4.69, 9.17) is 9.84 Å². The average molecular weight is 292 g/mol. The summed E-state index contributed by atoms with van der Waals surface area (Å²) in [5, 5.41) is 9.16. The SMILES string of the molecule is C=C(C(=O)O)[C@@H]1CC=C2[C@@H](OC(C)=O)CC[C@H](C)[C@@]2(C)C1. The van der Waals surface area contributed by atoms with E-state index < -0.39 is 5.97 Å². The molecule has 4 nitrogen and oxygen atoms in total. The number of carboxylic acid groups (broad SMARTS) is 1. The summed E-state index contributed by atoms with van der Waals surface area (Å²) in [5.74, 6) is -0.759. The number of fused-ring (bicyclic) bond motifs is 1. The third-order valence-electron chi connectivity index (χ3n) is 5.32. The van der Waals surface area contributed by atoms with Crippen molar-refractivity contribution in [1.29, 1.82) is 0 Å². The molecule has 4 atom stereocenters. The summed E-state index contributed by atoms with van der Waals surface area (Å²) in [6, 6.07) is 0. The summed E-state index contributed by atoms with van der Waals surface area (Å²) in [7, 11) is 0. The third-order valence-corrected chi connectivity index (χ3v) is 5.32. The standard InChI is InChI=1S/C17H24O4/c1-10-5-8-15(21-12(3)18)14-7-6-13(9-17(10,14)4)11(2)16(19)20/h7,10,13,15H,2,5-6,8-9H2,1,3-4H3,(H,19,20)/t10-,13+,15-,17+/m0/s1. The van der Waals surface area contributed by atoms with Crippen molar-refractivity contribution in [2.24, 2.45) is 17.3 Å². The molecule has 0 unspecified atom stereocenters. The Morgan fingerprint density at radius 3 is 2.67 bits per heavy atom. The Morgan fingerprint density at radius 1 is 1.43 bits per heavy atom. The van der Waals surface area contributed by atoms with Gasteiger partial charge in [0.25, 0.3) is 0 Å². The van der Waals surface area contributed by atoms with Crippen LogP contribution in [0.3, 0.4) is 0 Å². The quantitative estimate of drug-likeness (QED) is 0.492. The molecule has 1 N–H and O–H groups in total. The van der Waals surface area contributed by atoms with Crippen molar-refractivity contribution >= 4 is 11.9 Å². The Labute approximate surface area is 125 Å². The van der Waals surface area contributed by atoms with Gasteiger partial charge in [-0.15, -0.1) is 0 Å². The number of rotatable bonds is 3. The number of esters is 1. The lowest BCUT2D eigenvalue weighted by Crippen LogP contribution is -2.43. The lowest BCUT2D eigenvalue weighted by Gasteiger charge is -2.49. The first-order chi connectivity index (χ1) is 9.75. The fourth-order valence-corrected chi connectivity index (χ4v) is 3.84. The van der Waals surface area contributed by atoms with Gasteiger partial charge in [-0.25, -0.2) is 4.79 Å². The van der Waals surface area contributed by atoms with Crippen LogP contribution in [0.25, 0.3) is 0 Å². The van der Waals surface area contributed by atoms with E-state index in [1.807, 2.05) is 0 Å². The summed E-state index contributed by atoms with van der Waals surface area (Å²) in [4.78, 5) is 22.5. The molecule has 21 heavy (non-hydrogen) atoms. The van der Waals surface area contributed by atoms with Crippen LogP contribution >= 0.6 is 0 Å². The fraction of sp³-hybridized carbons (Fsp3) is 0.647. The van der Waals surface area contributed by atoms with E-state index in [0.717, 1.165) is 19.3 Å². The molecule has 116 valence electrons. The second-order valence-corrected chi connectivity index (χ2v) is 6.62. The van der Waals surface area contributed by atoms with Gasteiger partial charge in [0.05, 0.1) is 0 Å². The fourth-order valence-electron chi connectivity index (χ4n) is 3.84. The molecule has 0 saturated heterocycles. The first-order valence-corrected chi connectivity index (χ1v) is 7.55. The van der Waals surface area contributed by atoms with Gasteiger partial charge in [0, 0.05) is 12.5 Å². The van der Waals surface area contributed by atoms with Crippen LogP contribution in [0.4, 0.5) is 0 Å². The van der Waals surface area contributed by atoms with Crippen molar-refractivity contribution in [3.05, 3.63) is 23.8 Å². The van der Waals surface area contributed by atoms with Crippen LogP contribution in [0.5, 0.6) is 0 Å². The minimum absolute atomic E-state index is 0.0326.